The molecule has 0 atom stereocenters. The molecule has 0 unspecified atom stereocenters. The lowest BCUT2D eigenvalue weighted by atomic mass is 10.2. The van der Waals surface area contributed by atoms with Crippen LogP contribution in [0.3, 0.4) is 0 Å². The number of aromatic nitrogens is 2. The van der Waals surface area contributed by atoms with Crippen molar-refractivity contribution in [2.24, 2.45) is 0 Å². The van der Waals surface area contributed by atoms with E-state index in [0.29, 0.717) is 0 Å². The second-order valence-corrected chi connectivity index (χ2v) is 4.32. The molecule has 72 valence electrons. The Morgan fingerprint density at radius 1 is 1.36 bits per heavy atom. The topological polar surface area (TPSA) is 25.8 Å². The summed E-state index contributed by atoms with van der Waals surface area (Å²) in [6, 6.07) is 4.07. The molecule has 0 saturated carbocycles. The molecule has 0 fully saturated rings. The number of thiazole rings is 1. The van der Waals surface area contributed by atoms with Gasteiger partial charge >= 0.3 is 0 Å². The van der Waals surface area contributed by atoms with E-state index in [4.69, 9.17) is 0 Å². The molecule has 2 aromatic heterocycles. The zero-order chi connectivity index (χ0) is 9.97. The first-order chi connectivity index (χ1) is 6.79. The normalized spacial score (nSPS) is 10.4. The second-order valence-electron chi connectivity index (χ2n) is 3.20. The minimum absolute atomic E-state index is 0.981. The molecule has 2 rings (SSSR count). The van der Waals surface area contributed by atoms with Gasteiger partial charge in [-0.05, 0) is 31.0 Å². The third-order valence-electron chi connectivity index (χ3n) is 2.04. The summed E-state index contributed by atoms with van der Waals surface area (Å²) >= 11 is 1.72. The molecule has 0 aliphatic rings. The first-order valence-corrected chi connectivity index (χ1v) is 5.49. The fourth-order valence-corrected chi connectivity index (χ4v) is 2.06. The maximum atomic E-state index is 4.35. The van der Waals surface area contributed by atoms with Crippen LogP contribution in [-0.4, -0.2) is 9.97 Å². The van der Waals surface area contributed by atoms with E-state index in [9.17, 15) is 0 Å². The Morgan fingerprint density at radius 2 is 2.21 bits per heavy atom. The van der Waals surface area contributed by atoms with Crippen LogP contribution >= 0.6 is 11.3 Å². The zero-order valence-corrected chi connectivity index (χ0v) is 9.14. The second kappa shape index (κ2) is 3.88. The van der Waals surface area contributed by atoms with Crippen LogP contribution in [0.4, 0.5) is 0 Å². The molecule has 0 aliphatic carbocycles. The van der Waals surface area contributed by atoms with E-state index >= 15 is 0 Å². The van der Waals surface area contributed by atoms with Gasteiger partial charge in [0.2, 0.25) is 0 Å². The number of hydrogen-bond donors (Lipinski definition) is 0. The number of rotatable bonds is 2. The Kier molecular flexibility index (Phi) is 2.59. The van der Waals surface area contributed by atoms with Gasteiger partial charge in [-0.1, -0.05) is 6.92 Å². The highest BCUT2D eigenvalue weighted by Gasteiger charge is 2.04. The van der Waals surface area contributed by atoms with Gasteiger partial charge in [0, 0.05) is 17.3 Å². The van der Waals surface area contributed by atoms with E-state index < -0.39 is 0 Å². The third-order valence-corrected chi connectivity index (χ3v) is 3.20. The van der Waals surface area contributed by atoms with Crippen molar-refractivity contribution < 1.29 is 0 Å². The molecule has 0 aliphatic heterocycles. The minimum Gasteiger partial charge on any atom is -0.254 e. The molecule has 0 radical (unpaired) electrons. The average Bonchev–Trinajstić information content (AvgIpc) is 2.66. The van der Waals surface area contributed by atoms with Crippen molar-refractivity contribution in [1.82, 2.24) is 9.97 Å². The van der Waals surface area contributed by atoms with E-state index in [1.165, 1.54) is 10.4 Å². The zero-order valence-electron chi connectivity index (χ0n) is 8.32. The maximum absolute atomic E-state index is 4.35. The minimum atomic E-state index is 0.981. The van der Waals surface area contributed by atoms with E-state index in [1.807, 2.05) is 18.5 Å². The van der Waals surface area contributed by atoms with Crippen LogP contribution in [0.25, 0.3) is 10.7 Å². The first kappa shape index (κ1) is 9.34. The van der Waals surface area contributed by atoms with Crippen LogP contribution in [0.15, 0.2) is 24.5 Å². The van der Waals surface area contributed by atoms with Crippen molar-refractivity contribution in [3.05, 3.63) is 35.0 Å². The van der Waals surface area contributed by atoms with Crippen LogP contribution in [0.5, 0.6) is 0 Å². The molecular weight excluding hydrogens is 192 g/mol. The smallest absolute Gasteiger partial charge is 0.142 e. The summed E-state index contributed by atoms with van der Waals surface area (Å²) in [5, 5.41) is 1.02. The van der Waals surface area contributed by atoms with Gasteiger partial charge in [-0.15, -0.1) is 11.3 Å². The van der Waals surface area contributed by atoms with Crippen molar-refractivity contribution in [1.29, 1.82) is 0 Å². The molecule has 0 bridgehead atoms. The Labute approximate surface area is 87.7 Å². The van der Waals surface area contributed by atoms with Gasteiger partial charge in [0.1, 0.15) is 5.01 Å². The van der Waals surface area contributed by atoms with Gasteiger partial charge in [0.15, 0.2) is 0 Å². The SMILES string of the molecule is CCc1cnc(-c2cc(C)ccn2)s1. The molecule has 2 nitrogen and oxygen atoms in total. The molecule has 14 heavy (non-hydrogen) atoms. The van der Waals surface area contributed by atoms with Crippen LogP contribution in [0.1, 0.15) is 17.4 Å². The van der Waals surface area contributed by atoms with Crippen molar-refractivity contribution in [2.75, 3.05) is 0 Å². The molecule has 2 aromatic rings. The summed E-state index contributed by atoms with van der Waals surface area (Å²) in [6.45, 7) is 4.21. The van der Waals surface area contributed by atoms with Gasteiger partial charge in [0.05, 0.1) is 5.69 Å². The van der Waals surface area contributed by atoms with Gasteiger partial charge < -0.3 is 0 Å². The highest BCUT2D eigenvalue weighted by atomic mass is 32.1. The fourth-order valence-electron chi connectivity index (χ4n) is 1.24. The molecule has 0 saturated heterocycles. The highest BCUT2D eigenvalue weighted by molar-refractivity contribution is 7.14. The van der Waals surface area contributed by atoms with Crippen molar-refractivity contribution in [2.45, 2.75) is 20.3 Å². The van der Waals surface area contributed by atoms with E-state index in [1.54, 1.807) is 11.3 Å². The Balaban J connectivity index is 2.39. The molecule has 0 N–H and O–H groups in total. The van der Waals surface area contributed by atoms with Gasteiger partial charge in [-0.25, -0.2) is 4.98 Å². The molecule has 0 aromatic carbocycles. The number of aryl methyl sites for hydroxylation is 2. The van der Waals surface area contributed by atoms with Crippen LogP contribution in [0, 0.1) is 6.92 Å². The van der Waals surface area contributed by atoms with Crippen molar-refractivity contribution >= 4 is 11.3 Å². The summed E-state index contributed by atoms with van der Waals surface area (Å²) in [5.41, 5.74) is 2.21. The first-order valence-electron chi connectivity index (χ1n) is 4.67. The van der Waals surface area contributed by atoms with Crippen molar-refractivity contribution in [3.63, 3.8) is 0 Å². The number of hydrogen-bond acceptors (Lipinski definition) is 3. The predicted molar refractivity (Wildman–Crippen MR) is 59.5 cm³/mol. The standard InChI is InChI=1S/C11H12N2S/c1-3-9-7-13-11(14-9)10-6-8(2)4-5-12-10/h4-7H,3H2,1-2H3. The molecular formula is C11H12N2S. The summed E-state index contributed by atoms with van der Waals surface area (Å²) < 4.78 is 0. The summed E-state index contributed by atoms with van der Waals surface area (Å²) in [5.74, 6) is 0. The van der Waals surface area contributed by atoms with E-state index in [2.05, 4.69) is 29.9 Å². The lowest BCUT2D eigenvalue weighted by Gasteiger charge is -1.95. The van der Waals surface area contributed by atoms with Crippen LogP contribution < -0.4 is 0 Å². The molecule has 3 heteroatoms. The summed E-state index contributed by atoms with van der Waals surface area (Å²) in [6.07, 6.45) is 4.81. The largest absolute Gasteiger partial charge is 0.254 e. The third kappa shape index (κ3) is 1.82. The summed E-state index contributed by atoms with van der Waals surface area (Å²) in [4.78, 5) is 9.97. The lowest BCUT2D eigenvalue weighted by molar-refractivity contribution is 1.17. The number of pyridine rings is 1. The van der Waals surface area contributed by atoms with E-state index in [-0.39, 0.29) is 0 Å². The fraction of sp³-hybridized carbons (Fsp3) is 0.273. The Bertz CT molecular complexity index is 434. The number of nitrogens with zero attached hydrogens (tertiary/aromatic N) is 2. The quantitative estimate of drug-likeness (QED) is 0.751. The lowest BCUT2D eigenvalue weighted by Crippen LogP contribution is -1.82. The highest BCUT2D eigenvalue weighted by Crippen LogP contribution is 2.23. The van der Waals surface area contributed by atoms with Crippen LogP contribution in [0.2, 0.25) is 0 Å². The molecule has 2 heterocycles. The monoisotopic (exact) mass is 204 g/mol. The summed E-state index contributed by atoms with van der Waals surface area (Å²) in [7, 11) is 0. The van der Waals surface area contributed by atoms with Crippen molar-refractivity contribution in [3.8, 4) is 10.7 Å². The van der Waals surface area contributed by atoms with E-state index in [0.717, 1.165) is 17.1 Å². The Hall–Kier alpha value is -1.22. The van der Waals surface area contributed by atoms with Crippen LogP contribution in [-0.2, 0) is 6.42 Å². The van der Waals surface area contributed by atoms with Gasteiger partial charge in [0.25, 0.3) is 0 Å². The Morgan fingerprint density at radius 3 is 2.86 bits per heavy atom. The maximum Gasteiger partial charge on any atom is 0.142 e. The molecule has 0 spiro atoms. The average molecular weight is 204 g/mol. The predicted octanol–water partition coefficient (Wildman–Crippen LogP) is 3.08. The molecule has 0 amide bonds. The van der Waals surface area contributed by atoms with Gasteiger partial charge in [-0.3, -0.25) is 4.98 Å². The van der Waals surface area contributed by atoms with Gasteiger partial charge in [-0.2, -0.15) is 0 Å².